The number of likely N-dealkylation sites (N-methyl/N-ethyl adjacent to an activating group) is 1. The molecule has 0 amide bonds. The lowest BCUT2D eigenvalue weighted by Gasteiger charge is -2.32. The van der Waals surface area contributed by atoms with Crippen molar-refractivity contribution in [1.82, 2.24) is 10.2 Å². The molecule has 1 atom stereocenters. The normalized spacial score (nSPS) is 21.1. The molecule has 1 unspecified atom stereocenters. The molecule has 1 aliphatic heterocycles. The summed E-state index contributed by atoms with van der Waals surface area (Å²) < 4.78 is 13.4. The minimum Gasteiger partial charge on any atom is -0.316 e. The van der Waals surface area contributed by atoms with E-state index in [-0.39, 0.29) is 5.82 Å². The van der Waals surface area contributed by atoms with E-state index in [4.69, 9.17) is 0 Å². The molecule has 1 aliphatic rings. The summed E-state index contributed by atoms with van der Waals surface area (Å²) in [6.07, 6.45) is 2.53. The van der Waals surface area contributed by atoms with Crippen molar-refractivity contribution in [3.05, 3.63) is 30.1 Å². The van der Waals surface area contributed by atoms with Crippen LogP contribution in [0.3, 0.4) is 0 Å². The molecule has 2 rings (SSSR count). The van der Waals surface area contributed by atoms with Crippen molar-refractivity contribution in [1.29, 1.82) is 0 Å². The molecule has 0 bridgehead atoms. The highest BCUT2D eigenvalue weighted by Crippen LogP contribution is 2.21. The van der Waals surface area contributed by atoms with Crippen molar-refractivity contribution in [2.45, 2.75) is 23.8 Å². The summed E-state index contributed by atoms with van der Waals surface area (Å²) in [6, 6.07) is 7.63. The summed E-state index contributed by atoms with van der Waals surface area (Å²) >= 11 is 1.61. The maximum Gasteiger partial charge on any atom is 0.136 e. The third-order valence-electron chi connectivity index (χ3n) is 3.42. The van der Waals surface area contributed by atoms with Gasteiger partial charge in [-0.15, -0.1) is 11.8 Å². The zero-order valence-corrected chi connectivity index (χ0v) is 11.7. The summed E-state index contributed by atoms with van der Waals surface area (Å²) in [7, 11) is 2.03. The molecule has 0 aromatic heterocycles. The van der Waals surface area contributed by atoms with Gasteiger partial charge in [-0.2, -0.15) is 0 Å². The van der Waals surface area contributed by atoms with Gasteiger partial charge in [0.25, 0.3) is 0 Å². The van der Waals surface area contributed by atoms with Crippen LogP contribution in [-0.2, 0) is 0 Å². The molecule has 1 saturated heterocycles. The first kappa shape index (κ1) is 13.8. The standard InChI is InChI=1S/C14H21FN2S/c1-16-12-5-4-8-17(11-12)9-10-18-14-7-3-2-6-13(14)15/h2-3,6-7,12,16H,4-5,8-11H2,1H3. The van der Waals surface area contributed by atoms with Crippen LogP contribution in [0.2, 0.25) is 0 Å². The molecule has 0 saturated carbocycles. The highest BCUT2D eigenvalue weighted by Gasteiger charge is 2.17. The van der Waals surface area contributed by atoms with E-state index in [1.165, 1.54) is 25.5 Å². The molecule has 0 spiro atoms. The first-order chi connectivity index (χ1) is 8.79. The van der Waals surface area contributed by atoms with E-state index in [0.717, 1.165) is 23.7 Å². The number of piperidine rings is 1. The Hall–Kier alpha value is -0.580. The van der Waals surface area contributed by atoms with E-state index >= 15 is 0 Å². The second kappa shape index (κ2) is 7.12. The molecule has 1 aromatic carbocycles. The van der Waals surface area contributed by atoms with Gasteiger partial charge in [-0.1, -0.05) is 12.1 Å². The molecule has 1 fully saturated rings. The topological polar surface area (TPSA) is 15.3 Å². The Labute approximate surface area is 113 Å². The minimum atomic E-state index is -0.103. The largest absolute Gasteiger partial charge is 0.316 e. The van der Waals surface area contributed by atoms with Gasteiger partial charge in [0.1, 0.15) is 5.82 Å². The van der Waals surface area contributed by atoms with Crippen molar-refractivity contribution in [2.24, 2.45) is 0 Å². The predicted molar refractivity (Wildman–Crippen MR) is 75.6 cm³/mol. The summed E-state index contributed by atoms with van der Waals surface area (Å²) in [5.41, 5.74) is 0. The average molecular weight is 268 g/mol. The predicted octanol–water partition coefficient (Wildman–Crippen LogP) is 2.60. The quantitative estimate of drug-likeness (QED) is 0.826. The van der Waals surface area contributed by atoms with Gasteiger partial charge in [-0.05, 0) is 38.6 Å². The highest BCUT2D eigenvalue weighted by atomic mass is 32.2. The molecule has 4 heteroatoms. The zero-order chi connectivity index (χ0) is 12.8. The Morgan fingerprint density at radius 2 is 2.28 bits per heavy atom. The molecular formula is C14H21FN2S. The molecular weight excluding hydrogens is 247 g/mol. The van der Waals surface area contributed by atoms with Gasteiger partial charge in [0, 0.05) is 29.8 Å². The fourth-order valence-electron chi connectivity index (χ4n) is 2.34. The SMILES string of the molecule is CNC1CCCN(CCSc2ccccc2F)C1. The van der Waals surface area contributed by atoms with Gasteiger partial charge in [0.05, 0.1) is 0 Å². The Morgan fingerprint density at radius 3 is 3.06 bits per heavy atom. The number of benzene rings is 1. The van der Waals surface area contributed by atoms with Gasteiger partial charge in [-0.25, -0.2) is 4.39 Å². The molecule has 0 aliphatic carbocycles. The third kappa shape index (κ3) is 3.97. The van der Waals surface area contributed by atoms with Crippen LogP contribution in [0.15, 0.2) is 29.2 Å². The van der Waals surface area contributed by atoms with Crippen LogP contribution in [0, 0.1) is 5.82 Å². The van der Waals surface area contributed by atoms with Crippen molar-refractivity contribution in [3.8, 4) is 0 Å². The lowest BCUT2D eigenvalue weighted by atomic mass is 10.1. The molecule has 1 aromatic rings. The minimum absolute atomic E-state index is 0.103. The van der Waals surface area contributed by atoms with E-state index in [1.54, 1.807) is 17.8 Å². The first-order valence-electron chi connectivity index (χ1n) is 6.56. The number of rotatable bonds is 5. The Morgan fingerprint density at radius 1 is 1.44 bits per heavy atom. The van der Waals surface area contributed by atoms with Crippen LogP contribution in [0.25, 0.3) is 0 Å². The second-order valence-corrected chi connectivity index (χ2v) is 5.84. The van der Waals surface area contributed by atoms with E-state index in [9.17, 15) is 4.39 Å². The Balaban J connectivity index is 1.73. The molecule has 1 heterocycles. The van der Waals surface area contributed by atoms with E-state index < -0.39 is 0 Å². The van der Waals surface area contributed by atoms with Gasteiger partial charge < -0.3 is 10.2 Å². The Kier molecular flexibility index (Phi) is 5.47. The maximum absolute atomic E-state index is 13.4. The van der Waals surface area contributed by atoms with E-state index in [0.29, 0.717) is 6.04 Å². The first-order valence-corrected chi connectivity index (χ1v) is 7.55. The summed E-state index contributed by atoms with van der Waals surface area (Å²) in [4.78, 5) is 3.23. The van der Waals surface area contributed by atoms with Crippen LogP contribution >= 0.6 is 11.8 Å². The van der Waals surface area contributed by atoms with Crippen LogP contribution < -0.4 is 5.32 Å². The van der Waals surface area contributed by atoms with Crippen molar-refractivity contribution >= 4 is 11.8 Å². The fourth-order valence-corrected chi connectivity index (χ4v) is 3.29. The summed E-state index contributed by atoms with van der Waals surface area (Å²) in [5, 5.41) is 3.34. The molecule has 18 heavy (non-hydrogen) atoms. The van der Waals surface area contributed by atoms with Crippen LogP contribution in [0.1, 0.15) is 12.8 Å². The fraction of sp³-hybridized carbons (Fsp3) is 0.571. The zero-order valence-electron chi connectivity index (χ0n) is 10.9. The highest BCUT2D eigenvalue weighted by molar-refractivity contribution is 7.99. The average Bonchev–Trinajstić information content (AvgIpc) is 2.41. The summed E-state index contributed by atoms with van der Waals surface area (Å²) in [6.45, 7) is 3.33. The molecule has 0 radical (unpaired) electrons. The van der Waals surface area contributed by atoms with Crippen LogP contribution in [0.5, 0.6) is 0 Å². The molecule has 1 N–H and O–H groups in total. The van der Waals surface area contributed by atoms with Gasteiger partial charge in [-0.3, -0.25) is 0 Å². The van der Waals surface area contributed by atoms with E-state index in [2.05, 4.69) is 10.2 Å². The number of nitrogens with one attached hydrogen (secondary N) is 1. The van der Waals surface area contributed by atoms with E-state index in [1.807, 2.05) is 19.2 Å². The monoisotopic (exact) mass is 268 g/mol. The number of hydrogen-bond donors (Lipinski definition) is 1. The van der Waals surface area contributed by atoms with Gasteiger partial charge >= 0.3 is 0 Å². The number of nitrogens with zero attached hydrogens (tertiary/aromatic N) is 1. The third-order valence-corrected chi connectivity index (χ3v) is 4.44. The lowest BCUT2D eigenvalue weighted by Crippen LogP contribution is -2.45. The van der Waals surface area contributed by atoms with Gasteiger partial charge in [0.2, 0.25) is 0 Å². The summed E-state index contributed by atoms with van der Waals surface area (Å²) in [5.74, 6) is 0.853. The smallest absolute Gasteiger partial charge is 0.136 e. The van der Waals surface area contributed by atoms with Crippen molar-refractivity contribution in [2.75, 3.05) is 32.4 Å². The number of hydrogen-bond acceptors (Lipinski definition) is 3. The van der Waals surface area contributed by atoms with Crippen LogP contribution in [0.4, 0.5) is 4.39 Å². The van der Waals surface area contributed by atoms with Gasteiger partial charge in [0.15, 0.2) is 0 Å². The molecule has 2 nitrogen and oxygen atoms in total. The number of thioether (sulfide) groups is 1. The maximum atomic E-state index is 13.4. The lowest BCUT2D eigenvalue weighted by molar-refractivity contribution is 0.206. The van der Waals surface area contributed by atoms with Crippen LogP contribution in [-0.4, -0.2) is 43.4 Å². The van der Waals surface area contributed by atoms with Crippen molar-refractivity contribution < 1.29 is 4.39 Å². The number of halogens is 1. The Bertz CT molecular complexity index is 373. The molecule has 100 valence electrons. The number of likely N-dealkylation sites (tertiary alicyclic amines) is 1. The second-order valence-electron chi connectivity index (χ2n) is 4.71. The van der Waals surface area contributed by atoms with Crippen molar-refractivity contribution in [3.63, 3.8) is 0 Å².